The van der Waals surface area contributed by atoms with Gasteiger partial charge in [0.15, 0.2) is 0 Å². The standard InChI is InChI=1S/C20H25F2N3O2S/c1-2-24-7-9-25(10-8-24)15-17-5-3-16(4-6-17)14-23-28(26,27)20-12-18(21)11-19(22)13-20/h3-6,11-13,23H,2,7-10,14-15H2,1H3. The molecule has 0 atom stereocenters. The van der Waals surface area contributed by atoms with Crippen molar-refractivity contribution in [3.05, 3.63) is 65.2 Å². The Morgan fingerprint density at radius 3 is 2.00 bits per heavy atom. The summed E-state index contributed by atoms with van der Waals surface area (Å²) in [5.41, 5.74) is 1.95. The van der Waals surface area contributed by atoms with Gasteiger partial charge < -0.3 is 4.90 Å². The van der Waals surface area contributed by atoms with E-state index < -0.39 is 26.6 Å². The van der Waals surface area contributed by atoms with Crippen LogP contribution in [0, 0.1) is 11.6 Å². The highest BCUT2D eigenvalue weighted by molar-refractivity contribution is 7.89. The average molecular weight is 410 g/mol. The van der Waals surface area contributed by atoms with Crippen molar-refractivity contribution in [2.45, 2.75) is 24.9 Å². The van der Waals surface area contributed by atoms with Gasteiger partial charge in [0.05, 0.1) is 4.90 Å². The molecule has 152 valence electrons. The van der Waals surface area contributed by atoms with Crippen LogP contribution in [0.3, 0.4) is 0 Å². The second-order valence-electron chi connectivity index (χ2n) is 6.96. The highest BCUT2D eigenvalue weighted by Gasteiger charge is 2.17. The minimum Gasteiger partial charge on any atom is -0.301 e. The Morgan fingerprint density at radius 1 is 0.893 bits per heavy atom. The molecule has 1 heterocycles. The highest BCUT2D eigenvalue weighted by atomic mass is 32.2. The molecule has 0 aliphatic carbocycles. The number of piperazine rings is 1. The number of nitrogens with zero attached hydrogens (tertiary/aromatic N) is 2. The van der Waals surface area contributed by atoms with Gasteiger partial charge in [0, 0.05) is 45.3 Å². The van der Waals surface area contributed by atoms with Crippen LogP contribution in [0.5, 0.6) is 0 Å². The maximum Gasteiger partial charge on any atom is 0.241 e. The molecular weight excluding hydrogens is 384 g/mol. The molecule has 0 bridgehead atoms. The third-order valence-corrected chi connectivity index (χ3v) is 6.33. The average Bonchev–Trinajstić information content (AvgIpc) is 2.67. The minimum absolute atomic E-state index is 0.0515. The maximum atomic E-state index is 13.3. The fraction of sp³-hybridized carbons (Fsp3) is 0.400. The lowest BCUT2D eigenvalue weighted by atomic mass is 10.1. The fourth-order valence-electron chi connectivity index (χ4n) is 3.23. The minimum atomic E-state index is -3.99. The van der Waals surface area contributed by atoms with Gasteiger partial charge in [0.2, 0.25) is 10.0 Å². The van der Waals surface area contributed by atoms with Gasteiger partial charge >= 0.3 is 0 Å². The van der Waals surface area contributed by atoms with E-state index in [4.69, 9.17) is 0 Å². The summed E-state index contributed by atoms with van der Waals surface area (Å²) in [7, 11) is -3.99. The first kappa shape index (κ1) is 20.9. The number of likely N-dealkylation sites (N-methyl/N-ethyl adjacent to an activating group) is 1. The molecule has 5 nitrogen and oxygen atoms in total. The zero-order valence-electron chi connectivity index (χ0n) is 15.9. The lowest BCUT2D eigenvalue weighted by Gasteiger charge is -2.34. The third kappa shape index (κ3) is 5.57. The highest BCUT2D eigenvalue weighted by Crippen LogP contribution is 2.15. The van der Waals surface area contributed by atoms with Gasteiger partial charge in [-0.3, -0.25) is 4.90 Å². The molecule has 2 aromatic rings. The van der Waals surface area contributed by atoms with E-state index >= 15 is 0 Å². The van der Waals surface area contributed by atoms with Crippen molar-refractivity contribution < 1.29 is 17.2 Å². The molecule has 0 aromatic heterocycles. The van der Waals surface area contributed by atoms with Crippen LogP contribution in [0.25, 0.3) is 0 Å². The van der Waals surface area contributed by atoms with Gasteiger partial charge in [0.25, 0.3) is 0 Å². The number of rotatable bonds is 7. The van der Waals surface area contributed by atoms with Gasteiger partial charge in [-0.05, 0) is 29.8 Å². The SMILES string of the molecule is CCN1CCN(Cc2ccc(CNS(=O)(=O)c3cc(F)cc(F)c3)cc2)CC1. The van der Waals surface area contributed by atoms with Crippen LogP contribution in [0.15, 0.2) is 47.4 Å². The van der Waals surface area contributed by atoms with E-state index in [1.165, 1.54) is 5.56 Å². The Kier molecular flexibility index (Phi) is 6.77. The lowest BCUT2D eigenvalue weighted by Crippen LogP contribution is -2.45. The molecule has 1 saturated heterocycles. The number of hydrogen-bond acceptors (Lipinski definition) is 4. The van der Waals surface area contributed by atoms with Gasteiger partial charge in [0.1, 0.15) is 11.6 Å². The Balaban J connectivity index is 1.55. The van der Waals surface area contributed by atoms with E-state index in [1.54, 1.807) is 0 Å². The van der Waals surface area contributed by atoms with Crippen LogP contribution in [0.2, 0.25) is 0 Å². The molecule has 28 heavy (non-hydrogen) atoms. The molecule has 0 radical (unpaired) electrons. The van der Waals surface area contributed by atoms with Crippen LogP contribution in [-0.2, 0) is 23.1 Å². The molecule has 0 unspecified atom stereocenters. The molecule has 1 fully saturated rings. The predicted octanol–water partition coefficient (Wildman–Crippen LogP) is 2.58. The summed E-state index contributed by atoms with van der Waals surface area (Å²) in [6, 6.07) is 9.94. The second kappa shape index (κ2) is 9.09. The predicted molar refractivity (Wildman–Crippen MR) is 104 cm³/mol. The van der Waals surface area contributed by atoms with E-state index in [0.29, 0.717) is 6.07 Å². The molecule has 8 heteroatoms. The van der Waals surface area contributed by atoms with E-state index in [0.717, 1.165) is 57.0 Å². The monoisotopic (exact) mass is 409 g/mol. The summed E-state index contributed by atoms with van der Waals surface area (Å²) in [6.45, 7) is 8.42. The summed E-state index contributed by atoms with van der Waals surface area (Å²) in [4.78, 5) is 4.41. The normalized spacial score (nSPS) is 16.4. The van der Waals surface area contributed by atoms with Crippen molar-refractivity contribution in [3.8, 4) is 0 Å². The van der Waals surface area contributed by atoms with Crippen molar-refractivity contribution >= 4 is 10.0 Å². The zero-order valence-corrected chi connectivity index (χ0v) is 16.7. The Morgan fingerprint density at radius 2 is 1.43 bits per heavy atom. The van der Waals surface area contributed by atoms with Crippen molar-refractivity contribution in [1.29, 1.82) is 0 Å². The van der Waals surface area contributed by atoms with E-state index in [2.05, 4.69) is 21.4 Å². The lowest BCUT2D eigenvalue weighted by molar-refractivity contribution is 0.132. The van der Waals surface area contributed by atoms with E-state index in [9.17, 15) is 17.2 Å². The summed E-state index contributed by atoms with van der Waals surface area (Å²) in [5.74, 6) is -1.85. The number of benzene rings is 2. The summed E-state index contributed by atoms with van der Waals surface area (Å²) in [6.07, 6.45) is 0. The van der Waals surface area contributed by atoms with Crippen molar-refractivity contribution in [2.24, 2.45) is 0 Å². The smallest absolute Gasteiger partial charge is 0.241 e. The molecule has 1 aliphatic rings. The zero-order chi connectivity index (χ0) is 20.1. The Bertz CT molecular complexity index is 876. The van der Waals surface area contributed by atoms with Gasteiger partial charge in [-0.25, -0.2) is 21.9 Å². The molecule has 0 spiro atoms. The number of nitrogens with one attached hydrogen (secondary N) is 1. The Labute approximate surface area is 165 Å². The maximum absolute atomic E-state index is 13.3. The van der Waals surface area contributed by atoms with Crippen LogP contribution in [0.1, 0.15) is 18.1 Å². The van der Waals surface area contributed by atoms with Gasteiger partial charge in [-0.2, -0.15) is 0 Å². The van der Waals surface area contributed by atoms with Crippen molar-refractivity contribution in [1.82, 2.24) is 14.5 Å². The third-order valence-electron chi connectivity index (χ3n) is 4.95. The molecule has 2 aromatic carbocycles. The molecule has 1 aliphatic heterocycles. The summed E-state index contributed by atoms with van der Waals surface area (Å²) in [5, 5.41) is 0. The van der Waals surface area contributed by atoms with E-state index in [-0.39, 0.29) is 6.54 Å². The Hall–Kier alpha value is -1.87. The van der Waals surface area contributed by atoms with Gasteiger partial charge in [-0.1, -0.05) is 31.2 Å². The van der Waals surface area contributed by atoms with Crippen LogP contribution in [-0.4, -0.2) is 50.9 Å². The van der Waals surface area contributed by atoms with Crippen molar-refractivity contribution in [2.75, 3.05) is 32.7 Å². The molecule has 3 rings (SSSR count). The topological polar surface area (TPSA) is 52.6 Å². The van der Waals surface area contributed by atoms with Crippen molar-refractivity contribution in [3.63, 3.8) is 0 Å². The largest absolute Gasteiger partial charge is 0.301 e. The van der Waals surface area contributed by atoms with Crippen LogP contribution < -0.4 is 4.72 Å². The van der Waals surface area contributed by atoms with E-state index in [1.807, 2.05) is 24.3 Å². The summed E-state index contributed by atoms with van der Waals surface area (Å²) >= 11 is 0. The molecular formula is C20H25F2N3O2S. The first-order valence-corrected chi connectivity index (χ1v) is 10.8. The number of halogens is 2. The fourth-order valence-corrected chi connectivity index (χ4v) is 4.29. The molecule has 0 saturated carbocycles. The first-order valence-electron chi connectivity index (χ1n) is 9.34. The number of sulfonamides is 1. The summed E-state index contributed by atoms with van der Waals surface area (Å²) < 4.78 is 53.4. The second-order valence-corrected chi connectivity index (χ2v) is 8.72. The first-order chi connectivity index (χ1) is 13.4. The number of hydrogen-bond donors (Lipinski definition) is 1. The van der Waals surface area contributed by atoms with Crippen LogP contribution in [0.4, 0.5) is 8.78 Å². The quantitative estimate of drug-likeness (QED) is 0.764. The molecule has 0 amide bonds. The van der Waals surface area contributed by atoms with Crippen LogP contribution >= 0.6 is 0 Å². The molecule has 1 N–H and O–H groups in total. The van der Waals surface area contributed by atoms with Gasteiger partial charge in [-0.15, -0.1) is 0 Å².